The monoisotopic (exact) mass is 311 g/mol. The fourth-order valence-corrected chi connectivity index (χ4v) is 2.73. The maximum Gasteiger partial charge on any atom is 0.305 e. The first-order valence-electron chi connectivity index (χ1n) is 6.39. The number of rotatable bonds is 5. The van der Waals surface area contributed by atoms with Gasteiger partial charge < -0.3 is 9.64 Å². The van der Waals surface area contributed by atoms with Crippen molar-refractivity contribution in [2.75, 3.05) is 24.6 Å². The molecule has 1 aromatic carbocycles. The summed E-state index contributed by atoms with van der Waals surface area (Å²) >= 11 is 3.49. The molecule has 1 aromatic rings. The quantitative estimate of drug-likeness (QED) is 0.782. The third-order valence-electron chi connectivity index (χ3n) is 3.15. The summed E-state index contributed by atoms with van der Waals surface area (Å²) in [4.78, 5) is 13.6. The Kier molecular flexibility index (Phi) is 4.64. The minimum Gasteiger partial charge on any atom is -0.466 e. The van der Waals surface area contributed by atoms with Gasteiger partial charge in [-0.2, -0.15) is 0 Å². The average Bonchev–Trinajstić information content (AvgIpc) is 2.72. The van der Waals surface area contributed by atoms with Crippen LogP contribution in [0.5, 0.6) is 0 Å². The summed E-state index contributed by atoms with van der Waals surface area (Å²) in [6.07, 6.45) is 2.46. The van der Waals surface area contributed by atoms with Crippen LogP contribution in [0.2, 0.25) is 0 Å². The van der Waals surface area contributed by atoms with E-state index in [1.807, 2.05) is 6.92 Å². The first-order chi connectivity index (χ1) is 8.70. The van der Waals surface area contributed by atoms with Gasteiger partial charge in [0.25, 0.3) is 0 Å². The van der Waals surface area contributed by atoms with Gasteiger partial charge in [0.1, 0.15) is 0 Å². The molecule has 0 saturated carbocycles. The van der Waals surface area contributed by atoms with Gasteiger partial charge in [-0.3, -0.25) is 4.79 Å². The van der Waals surface area contributed by atoms with E-state index in [1.165, 1.54) is 11.3 Å². The summed E-state index contributed by atoms with van der Waals surface area (Å²) in [6.45, 7) is 4.29. The molecular weight excluding hydrogens is 294 g/mol. The molecule has 1 aliphatic rings. The predicted octanol–water partition coefficient (Wildman–Crippen LogP) is 3.15. The zero-order chi connectivity index (χ0) is 13.0. The lowest BCUT2D eigenvalue weighted by Crippen LogP contribution is -2.22. The molecule has 0 fully saturated rings. The van der Waals surface area contributed by atoms with Crippen molar-refractivity contribution in [1.29, 1.82) is 0 Å². The molecule has 0 amide bonds. The maximum absolute atomic E-state index is 11.3. The Hall–Kier alpha value is -1.03. The third-order valence-corrected chi connectivity index (χ3v) is 3.64. The number of carbonyl (C=O) groups is 1. The smallest absolute Gasteiger partial charge is 0.305 e. The highest BCUT2D eigenvalue weighted by Gasteiger charge is 2.18. The molecule has 1 heterocycles. The normalized spacial score (nSPS) is 13.6. The molecule has 0 aliphatic carbocycles. The molecule has 0 atom stereocenters. The number of hydrogen-bond donors (Lipinski definition) is 0. The molecule has 0 bridgehead atoms. The van der Waals surface area contributed by atoms with E-state index in [2.05, 4.69) is 39.0 Å². The van der Waals surface area contributed by atoms with Crippen molar-refractivity contribution >= 4 is 27.6 Å². The Morgan fingerprint density at radius 2 is 2.33 bits per heavy atom. The topological polar surface area (TPSA) is 29.5 Å². The SMILES string of the molecule is CCOC(=O)CCCN1CCc2cc(Br)ccc21. The first-order valence-corrected chi connectivity index (χ1v) is 7.19. The van der Waals surface area contributed by atoms with E-state index in [1.54, 1.807) is 0 Å². The average molecular weight is 312 g/mol. The molecule has 1 aliphatic heterocycles. The number of halogens is 1. The van der Waals surface area contributed by atoms with Crippen LogP contribution in [0.1, 0.15) is 25.3 Å². The van der Waals surface area contributed by atoms with Crippen molar-refractivity contribution in [2.24, 2.45) is 0 Å². The maximum atomic E-state index is 11.3. The Morgan fingerprint density at radius 3 is 3.11 bits per heavy atom. The summed E-state index contributed by atoms with van der Waals surface area (Å²) in [7, 11) is 0. The third kappa shape index (κ3) is 3.25. The van der Waals surface area contributed by atoms with Gasteiger partial charge in [0.2, 0.25) is 0 Å². The minimum absolute atomic E-state index is 0.0901. The van der Waals surface area contributed by atoms with Crippen LogP contribution in [0.25, 0.3) is 0 Å². The van der Waals surface area contributed by atoms with Crippen molar-refractivity contribution in [2.45, 2.75) is 26.2 Å². The highest BCUT2D eigenvalue weighted by molar-refractivity contribution is 9.10. The van der Waals surface area contributed by atoms with Crippen LogP contribution in [-0.4, -0.2) is 25.7 Å². The van der Waals surface area contributed by atoms with Gasteiger partial charge >= 0.3 is 5.97 Å². The van der Waals surface area contributed by atoms with Gasteiger partial charge in [-0.1, -0.05) is 15.9 Å². The molecular formula is C14H18BrNO2. The van der Waals surface area contributed by atoms with Gasteiger partial charge in [0.05, 0.1) is 6.61 Å². The summed E-state index contributed by atoms with van der Waals surface area (Å²) in [5.41, 5.74) is 2.70. The molecule has 18 heavy (non-hydrogen) atoms. The van der Waals surface area contributed by atoms with E-state index < -0.39 is 0 Å². The van der Waals surface area contributed by atoms with Crippen molar-refractivity contribution in [1.82, 2.24) is 0 Å². The lowest BCUT2D eigenvalue weighted by Gasteiger charge is -2.19. The number of nitrogens with zero attached hydrogens (tertiary/aromatic N) is 1. The molecule has 0 aromatic heterocycles. The van der Waals surface area contributed by atoms with Crippen LogP contribution in [-0.2, 0) is 16.0 Å². The Bertz CT molecular complexity index is 434. The van der Waals surface area contributed by atoms with E-state index in [0.717, 1.165) is 30.4 Å². The summed E-state index contributed by atoms with van der Waals surface area (Å²) in [5.74, 6) is -0.0901. The standard InChI is InChI=1S/C14H18BrNO2/c1-2-18-14(17)4-3-8-16-9-7-11-10-12(15)5-6-13(11)16/h5-6,10H,2-4,7-9H2,1H3. The number of anilines is 1. The van der Waals surface area contributed by atoms with E-state index in [0.29, 0.717) is 13.0 Å². The van der Waals surface area contributed by atoms with Gasteiger partial charge in [-0.05, 0) is 43.5 Å². The zero-order valence-electron chi connectivity index (χ0n) is 10.6. The second-order valence-electron chi connectivity index (χ2n) is 4.42. The van der Waals surface area contributed by atoms with E-state index in [4.69, 9.17) is 4.74 Å². The summed E-state index contributed by atoms with van der Waals surface area (Å²) < 4.78 is 6.06. The minimum atomic E-state index is -0.0901. The van der Waals surface area contributed by atoms with E-state index in [-0.39, 0.29) is 5.97 Å². The van der Waals surface area contributed by atoms with Crippen LogP contribution in [0.15, 0.2) is 22.7 Å². The first kappa shape index (κ1) is 13.4. The second kappa shape index (κ2) is 6.23. The second-order valence-corrected chi connectivity index (χ2v) is 5.33. The molecule has 0 radical (unpaired) electrons. The number of ether oxygens (including phenoxy) is 1. The lowest BCUT2D eigenvalue weighted by atomic mass is 10.2. The van der Waals surface area contributed by atoms with Crippen LogP contribution in [0.4, 0.5) is 5.69 Å². The fourth-order valence-electron chi connectivity index (χ4n) is 2.32. The van der Waals surface area contributed by atoms with Crippen LogP contribution in [0, 0.1) is 0 Å². The predicted molar refractivity (Wildman–Crippen MR) is 75.9 cm³/mol. The molecule has 2 rings (SSSR count). The number of fused-ring (bicyclic) bond motifs is 1. The van der Waals surface area contributed by atoms with Crippen molar-refractivity contribution < 1.29 is 9.53 Å². The molecule has 0 unspecified atom stereocenters. The van der Waals surface area contributed by atoms with Crippen LogP contribution in [0.3, 0.4) is 0 Å². The van der Waals surface area contributed by atoms with Crippen molar-refractivity contribution in [3.63, 3.8) is 0 Å². The Morgan fingerprint density at radius 1 is 1.50 bits per heavy atom. The largest absolute Gasteiger partial charge is 0.466 e. The number of hydrogen-bond acceptors (Lipinski definition) is 3. The van der Waals surface area contributed by atoms with Gasteiger partial charge in [-0.25, -0.2) is 0 Å². The Balaban J connectivity index is 1.85. The van der Waals surface area contributed by atoms with Gasteiger partial charge in [0, 0.05) is 29.7 Å². The molecule has 0 N–H and O–H groups in total. The van der Waals surface area contributed by atoms with Gasteiger partial charge in [0.15, 0.2) is 0 Å². The summed E-state index contributed by atoms with van der Waals surface area (Å²) in [6, 6.07) is 6.40. The highest BCUT2D eigenvalue weighted by atomic mass is 79.9. The van der Waals surface area contributed by atoms with E-state index >= 15 is 0 Å². The number of benzene rings is 1. The molecule has 3 nitrogen and oxygen atoms in total. The van der Waals surface area contributed by atoms with Crippen LogP contribution >= 0.6 is 15.9 Å². The fraction of sp³-hybridized carbons (Fsp3) is 0.500. The number of carbonyl (C=O) groups excluding carboxylic acids is 1. The Labute approximate surface area is 116 Å². The van der Waals surface area contributed by atoms with E-state index in [9.17, 15) is 4.79 Å². The summed E-state index contributed by atoms with van der Waals surface area (Å²) in [5, 5.41) is 0. The molecule has 98 valence electrons. The molecule has 4 heteroatoms. The zero-order valence-corrected chi connectivity index (χ0v) is 12.2. The van der Waals surface area contributed by atoms with Crippen LogP contribution < -0.4 is 4.90 Å². The van der Waals surface area contributed by atoms with Gasteiger partial charge in [-0.15, -0.1) is 0 Å². The van der Waals surface area contributed by atoms with Crippen molar-refractivity contribution in [3.8, 4) is 0 Å². The number of esters is 1. The highest BCUT2D eigenvalue weighted by Crippen LogP contribution is 2.30. The van der Waals surface area contributed by atoms with Crippen molar-refractivity contribution in [3.05, 3.63) is 28.2 Å². The molecule has 0 saturated heterocycles. The lowest BCUT2D eigenvalue weighted by molar-refractivity contribution is -0.143. The molecule has 0 spiro atoms.